The summed E-state index contributed by atoms with van der Waals surface area (Å²) in [5.41, 5.74) is 0. The number of morpholine rings is 1. The van der Waals surface area contributed by atoms with Gasteiger partial charge in [0.1, 0.15) is 13.1 Å². The first-order valence-corrected chi connectivity index (χ1v) is 8.23. The van der Waals surface area contributed by atoms with Crippen LogP contribution < -0.4 is 10.2 Å². The summed E-state index contributed by atoms with van der Waals surface area (Å²) in [4.78, 5) is 17.9. The summed E-state index contributed by atoms with van der Waals surface area (Å²) < 4.78 is 15.9. The molecule has 2 N–H and O–H groups in total. The number of nitrogens with zero attached hydrogens (tertiary/aromatic N) is 1. The van der Waals surface area contributed by atoms with E-state index >= 15 is 0 Å². The molecule has 1 aliphatic heterocycles. The molecular formula is C16H26N3O4+. The molecule has 2 rings (SSSR count). The summed E-state index contributed by atoms with van der Waals surface area (Å²) in [5, 5.41) is 2.66. The van der Waals surface area contributed by atoms with Crippen LogP contribution in [-0.4, -0.2) is 57.9 Å². The van der Waals surface area contributed by atoms with Crippen LogP contribution in [0.2, 0.25) is 0 Å². The molecule has 0 bridgehead atoms. The summed E-state index contributed by atoms with van der Waals surface area (Å²) in [6.07, 6.45) is 3.27. The van der Waals surface area contributed by atoms with Crippen molar-refractivity contribution in [2.45, 2.75) is 19.8 Å². The first-order valence-electron chi connectivity index (χ1n) is 8.23. The summed E-state index contributed by atoms with van der Waals surface area (Å²) in [6, 6.07) is 3.54. The van der Waals surface area contributed by atoms with E-state index in [4.69, 9.17) is 13.9 Å². The maximum Gasteiger partial charge on any atom is 0.294 e. The van der Waals surface area contributed by atoms with E-state index in [9.17, 15) is 4.79 Å². The van der Waals surface area contributed by atoms with Crippen molar-refractivity contribution in [3.63, 3.8) is 0 Å². The molecule has 1 aliphatic rings. The highest BCUT2D eigenvalue weighted by molar-refractivity contribution is 6.02. The molecule has 0 saturated carbocycles. The lowest BCUT2D eigenvalue weighted by Crippen LogP contribution is -3.14. The average Bonchev–Trinajstić information content (AvgIpc) is 3.12. The highest BCUT2D eigenvalue weighted by atomic mass is 16.5. The largest absolute Gasteiger partial charge is 0.465 e. The third kappa shape index (κ3) is 6.42. The van der Waals surface area contributed by atoms with E-state index in [0.29, 0.717) is 13.2 Å². The Bertz CT molecular complexity index is 482. The standard InChI is InChI=1S/C16H25N3O4/c1-2-10-23-16(18-15(20)14-5-3-11-22-14)17-6-4-7-19-8-12-21-13-9-19/h3,5,11H,2,4,6-10,12-13H2,1H3,(H,17,18,20)/p+1. The van der Waals surface area contributed by atoms with Crippen molar-refractivity contribution >= 4 is 11.9 Å². The molecule has 7 heteroatoms. The van der Waals surface area contributed by atoms with E-state index < -0.39 is 0 Å². The Kier molecular flexibility index (Phi) is 7.62. The van der Waals surface area contributed by atoms with E-state index in [0.717, 1.165) is 45.7 Å². The zero-order valence-corrected chi connectivity index (χ0v) is 13.7. The molecule has 0 atom stereocenters. The molecule has 128 valence electrons. The van der Waals surface area contributed by atoms with Crippen LogP contribution in [0.3, 0.4) is 0 Å². The number of rotatable bonds is 7. The van der Waals surface area contributed by atoms with E-state index in [1.165, 1.54) is 6.26 Å². The number of carbonyl (C=O) groups is 1. The lowest BCUT2D eigenvalue weighted by atomic mass is 10.3. The number of furan rings is 1. The van der Waals surface area contributed by atoms with Crippen LogP contribution in [0.1, 0.15) is 30.3 Å². The second kappa shape index (κ2) is 10.0. The minimum absolute atomic E-state index is 0.246. The van der Waals surface area contributed by atoms with Gasteiger partial charge in [0.15, 0.2) is 5.76 Å². The van der Waals surface area contributed by atoms with Crippen molar-refractivity contribution in [3.05, 3.63) is 24.2 Å². The predicted octanol–water partition coefficient (Wildman–Crippen LogP) is 0.0972. The van der Waals surface area contributed by atoms with Gasteiger partial charge in [-0.25, -0.2) is 4.99 Å². The molecule has 0 aliphatic carbocycles. The van der Waals surface area contributed by atoms with Gasteiger partial charge in [-0.3, -0.25) is 10.1 Å². The Morgan fingerprint density at radius 3 is 2.96 bits per heavy atom. The molecule has 2 heterocycles. The van der Waals surface area contributed by atoms with Gasteiger partial charge in [0.2, 0.25) is 0 Å². The summed E-state index contributed by atoms with van der Waals surface area (Å²) >= 11 is 0. The van der Waals surface area contributed by atoms with Gasteiger partial charge >= 0.3 is 0 Å². The highest BCUT2D eigenvalue weighted by Gasteiger charge is 2.14. The molecular weight excluding hydrogens is 298 g/mol. The van der Waals surface area contributed by atoms with Crippen molar-refractivity contribution in [2.75, 3.05) is 46.0 Å². The zero-order chi connectivity index (χ0) is 16.3. The van der Waals surface area contributed by atoms with Crippen LogP contribution in [0.25, 0.3) is 0 Å². The van der Waals surface area contributed by atoms with Crippen LogP contribution in [0.4, 0.5) is 0 Å². The van der Waals surface area contributed by atoms with E-state index in [1.807, 2.05) is 6.92 Å². The highest BCUT2D eigenvalue weighted by Crippen LogP contribution is 1.99. The van der Waals surface area contributed by atoms with Gasteiger partial charge in [0.05, 0.1) is 32.6 Å². The molecule has 1 saturated heterocycles. The van der Waals surface area contributed by atoms with Gasteiger partial charge in [-0.1, -0.05) is 6.92 Å². The molecule has 0 unspecified atom stereocenters. The first kappa shape index (κ1) is 17.5. The van der Waals surface area contributed by atoms with Crippen molar-refractivity contribution < 1.29 is 23.6 Å². The lowest BCUT2D eigenvalue weighted by molar-refractivity contribution is -0.908. The second-order valence-electron chi connectivity index (χ2n) is 5.43. The molecule has 0 spiro atoms. The van der Waals surface area contributed by atoms with Gasteiger partial charge in [0, 0.05) is 13.0 Å². The average molecular weight is 324 g/mol. The predicted molar refractivity (Wildman–Crippen MR) is 85.7 cm³/mol. The van der Waals surface area contributed by atoms with E-state index in [1.54, 1.807) is 17.0 Å². The van der Waals surface area contributed by atoms with Gasteiger partial charge in [0.25, 0.3) is 11.9 Å². The summed E-state index contributed by atoms with van der Waals surface area (Å²) in [5.74, 6) is -0.0979. The van der Waals surface area contributed by atoms with Crippen molar-refractivity contribution in [2.24, 2.45) is 4.99 Å². The monoisotopic (exact) mass is 324 g/mol. The maximum absolute atomic E-state index is 12.0. The Morgan fingerprint density at radius 1 is 1.43 bits per heavy atom. The second-order valence-corrected chi connectivity index (χ2v) is 5.43. The first-order chi connectivity index (χ1) is 11.3. The summed E-state index contributed by atoms with van der Waals surface area (Å²) in [6.45, 7) is 7.99. The number of ether oxygens (including phenoxy) is 2. The fourth-order valence-corrected chi connectivity index (χ4v) is 2.31. The van der Waals surface area contributed by atoms with Crippen molar-refractivity contribution in [3.8, 4) is 0 Å². The molecule has 1 aromatic heterocycles. The molecule has 0 aromatic carbocycles. The number of hydrogen-bond donors (Lipinski definition) is 2. The number of amidine groups is 1. The van der Waals surface area contributed by atoms with Gasteiger partial charge < -0.3 is 18.8 Å². The fourth-order valence-electron chi connectivity index (χ4n) is 2.31. The normalized spacial score (nSPS) is 16.3. The van der Waals surface area contributed by atoms with Crippen LogP contribution in [0.15, 0.2) is 27.8 Å². The Morgan fingerprint density at radius 2 is 2.26 bits per heavy atom. The SMILES string of the molecule is CCCOC(=NCCC[NH+]1CCOCC1)NC(=O)c1ccco1. The van der Waals surface area contributed by atoms with Crippen molar-refractivity contribution in [1.82, 2.24) is 5.32 Å². The van der Waals surface area contributed by atoms with Crippen LogP contribution in [0, 0.1) is 0 Å². The van der Waals surface area contributed by atoms with Gasteiger partial charge in [-0.15, -0.1) is 0 Å². The van der Waals surface area contributed by atoms with Crippen LogP contribution >= 0.6 is 0 Å². The Labute approximate surface area is 136 Å². The number of hydrogen-bond acceptors (Lipinski definition) is 5. The minimum atomic E-state index is -0.344. The quantitative estimate of drug-likeness (QED) is 0.424. The molecule has 0 radical (unpaired) electrons. The number of amides is 1. The number of carbonyl (C=O) groups excluding carboxylic acids is 1. The smallest absolute Gasteiger partial charge is 0.294 e. The van der Waals surface area contributed by atoms with Crippen LogP contribution in [-0.2, 0) is 9.47 Å². The summed E-state index contributed by atoms with van der Waals surface area (Å²) in [7, 11) is 0. The van der Waals surface area contributed by atoms with Crippen molar-refractivity contribution in [1.29, 1.82) is 0 Å². The molecule has 7 nitrogen and oxygen atoms in total. The van der Waals surface area contributed by atoms with Gasteiger partial charge in [-0.2, -0.15) is 0 Å². The number of aliphatic imine (C=N–C) groups is 1. The Hall–Kier alpha value is -1.86. The minimum Gasteiger partial charge on any atom is -0.465 e. The third-order valence-corrected chi connectivity index (χ3v) is 3.55. The topological polar surface area (TPSA) is 77.5 Å². The molecule has 1 aromatic rings. The maximum atomic E-state index is 12.0. The van der Waals surface area contributed by atoms with Gasteiger partial charge in [-0.05, 0) is 18.6 Å². The molecule has 1 fully saturated rings. The number of nitrogens with one attached hydrogen (secondary N) is 2. The third-order valence-electron chi connectivity index (χ3n) is 3.55. The zero-order valence-electron chi connectivity index (χ0n) is 13.7. The molecule has 1 amide bonds. The molecule has 23 heavy (non-hydrogen) atoms. The number of quaternary nitrogens is 1. The van der Waals surface area contributed by atoms with E-state index in [-0.39, 0.29) is 17.7 Å². The lowest BCUT2D eigenvalue weighted by Gasteiger charge is -2.23. The Balaban J connectivity index is 1.77. The van der Waals surface area contributed by atoms with E-state index in [2.05, 4.69) is 10.3 Å². The fraction of sp³-hybridized carbons (Fsp3) is 0.625. The van der Waals surface area contributed by atoms with Crippen LogP contribution in [0.5, 0.6) is 0 Å².